The molecule has 35 heavy (non-hydrogen) atoms. The van der Waals surface area contributed by atoms with Gasteiger partial charge in [0.05, 0.1) is 0 Å². The van der Waals surface area contributed by atoms with Gasteiger partial charge in [-0.1, -0.05) is 36.4 Å². The van der Waals surface area contributed by atoms with Crippen molar-refractivity contribution in [3.8, 4) is 0 Å². The summed E-state index contributed by atoms with van der Waals surface area (Å²) < 4.78 is 5.26. The Morgan fingerprint density at radius 2 is 1.51 bits per heavy atom. The fraction of sp³-hybridized carbons (Fsp3) is 0.464. The molecule has 0 aliphatic heterocycles. The van der Waals surface area contributed by atoms with Crippen LogP contribution in [-0.2, 0) is 14.3 Å². The highest BCUT2D eigenvalue weighted by molar-refractivity contribution is 5.99. The molecule has 2 rings (SSSR count). The van der Waals surface area contributed by atoms with E-state index in [4.69, 9.17) is 4.74 Å². The first-order chi connectivity index (χ1) is 16.2. The number of aryl methyl sites for hydroxylation is 4. The molecule has 0 spiro atoms. The van der Waals surface area contributed by atoms with Crippen LogP contribution in [0.4, 0.5) is 10.5 Å². The van der Waals surface area contributed by atoms with Gasteiger partial charge in [0.25, 0.3) is 5.91 Å². The van der Waals surface area contributed by atoms with Crippen LogP contribution < -0.4 is 10.6 Å². The molecule has 0 saturated carbocycles. The lowest BCUT2D eigenvalue weighted by Gasteiger charge is -2.35. The average Bonchev–Trinajstić information content (AvgIpc) is 2.73. The van der Waals surface area contributed by atoms with Crippen molar-refractivity contribution in [3.63, 3.8) is 0 Å². The number of hydrogen-bond acceptors (Lipinski definition) is 4. The lowest BCUT2D eigenvalue weighted by molar-refractivity contribution is -0.140. The smallest absolute Gasteiger partial charge is 0.408 e. The van der Waals surface area contributed by atoms with Crippen LogP contribution in [0.2, 0.25) is 0 Å². The minimum Gasteiger partial charge on any atom is -0.444 e. The van der Waals surface area contributed by atoms with Gasteiger partial charge in [0.2, 0.25) is 5.91 Å². The molecule has 7 heteroatoms. The van der Waals surface area contributed by atoms with E-state index in [1.807, 2.05) is 77.9 Å². The van der Waals surface area contributed by atoms with E-state index in [2.05, 4.69) is 10.6 Å². The number of para-hydroxylation sites is 1. The molecule has 0 aliphatic carbocycles. The maximum atomic E-state index is 13.8. The van der Waals surface area contributed by atoms with E-state index in [1.165, 1.54) is 4.90 Å². The Kier molecular flexibility index (Phi) is 9.07. The molecule has 2 N–H and O–H groups in total. The van der Waals surface area contributed by atoms with Crippen LogP contribution in [0.5, 0.6) is 0 Å². The number of amides is 3. The normalized spacial score (nSPS) is 12.2. The number of nitrogens with zero attached hydrogens (tertiary/aromatic N) is 1. The molecule has 1 unspecified atom stereocenters. The molecule has 0 heterocycles. The molecule has 2 aromatic carbocycles. The highest BCUT2D eigenvalue weighted by atomic mass is 16.6. The Morgan fingerprint density at radius 1 is 0.914 bits per heavy atom. The lowest BCUT2D eigenvalue weighted by Crippen LogP contribution is -2.49. The predicted molar refractivity (Wildman–Crippen MR) is 139 cm³/mol. The first-order valence-electron chi connectivity index (χ1n) is 11.9. The maximum Gasteiger partial charge on any atom is 0.408 e. The standard InChI is InChI=1S/C28H39N3O4/c1-17(2)31(23(32)16-29-27(34)35-28(7,8)9)25(22-14-13-18(3)21(6)15-22)26(33)30-24-19(4)11-10-12-20(24)5/h10-15,17,25H,16H2,1-9H3,(H,29,34)(H,30,33). The minimum absolute atomic E-state index is 0.287. The van der Waals surface area contributed by atoms with Gasteiger partial charge >= 0.3 is 6.09 Å². The molecule has 190 valence electrons. The lowest BCUT2D eigenvalue weighted by atomic mass is 9.97. The van der Waals surface area contributed by atoms with E-state index in [-0.39, 0.29) is 24.4 Å². The van der Waals surface area contributed by atoms with Crippen molar-refractivity contribution in [2.45, 2.75) is 80.0 Å². The van der Waals surface area contributed by atoms with E-state index in [0.29, 0.717) is 5.56 Å². The Morgan fingerprint density at radius 3 is 2.03 bits per heavy atom. The van der Waals surface area contributed by atoms with E-state index in [1.54, 1.807) is 20.8 Å². The summed E-state index contributed by atoms with van der Waals surface area (Å²) in [5, 5.41) is 5.58. The topological polar surface area (TPSA) is 87.7 Å². The maximum absolute atomic E-state index is 13.8. The summed E-state index contributed by atoms with van der Waals surface area (Å²) in [6.45, 7) is 16.5. The van der Waals surface area contributed by atoms with Crippen molar-refractivity contribution in [2.24, 2.45) is 0 Å². The third-order valence-corrected chi connectivity index (χ3v) is 5.73. The summed E-state index contributed by atoms with van der Waals surface area (Å²) in [6.07, 6.45) is -0.683. The fourth-order valence-electron chi connectivity index (χ4n) is 3.86. The van der Waals surface area contributed by atoms with Gasteiger partial charge in [0, 0.05) is 11.7 Å². The highest BCUT2D eigenvalue weighted by Crippen LogP contribution is 2.29. The van der Waals surface area contributed by atoms with Gasteiger partial charge in [-0.15, -0.1) is 0 Å². The molecule has 0 fully saturated rings. The van der Waals surface area contributed by atoms with Gasteiger partial charge in [-0.25, -0.2) is 4.79 Å². The summed E-state index contributed by atoms with van der Waals surface area (Å²) in [7, 11) is 0. The van der Waals surface area contributed by atoms with Crippen LogP contribution in [0.25, 0.3) is 0 Å². The van der Waals surface area contributed by atoms with Gasteiger partial charge in [-0.05, 0) is 90.1 Å². The van der Waals surface area contributed by atoms with Crippen molar-refractivity contribution >= 4 is 23.6 Å². The molecule has 0 aliphatic rings. The second-order valence-corrected chi connectivity index (χ2v) is 10.3. The Labute approximate surface area is 209 Å². The van der Waals surface area contributed by atoms with Crippen LogP contribution in [0.3, 0.4) is 0 Å². The van der Waals surface area contributed by atoms with Crippen LogP contribution in [0.1, 0.15) is 68.5 Å². The molecule has 0 radical (unpaired) electrons. The first-order valence-corrected chi connectivity index (χ1v) is 11.9. The third kappa shape index (κ3) is 7.57. The van der Waals surface area contributed by atoms with Gasteiger partial charge in [-0.3, -0.25) is 9.59 Å². The number of anilines is 1. The predicted octanol–water partition coefficient (Wildman–Crippen LogP) is 5.36. The number of hydrogen-bond donors (Lipinski definition) is 2. The highest BCUT2D eigenvalue weighted by Gasteiger charge is 2.34. The number of carbonyl (C=O) groups excluding carboxylic acids is 3. The monoisotopic (exact) mass is 481 g/mol. The minimum atomic E-state index is -0.888. The van der Waals surface area contributed by atoms with Crippen molar-refractivity contribution in [3.05, 3.63) is 64.2 Å². The Bertz CT molecular complexity index is 1070. The number of alkyl carbamates (subject to hydrolysis) is 1. The molecule has 3 amide bonds. The molecule has 0 aromatic heterocycles. The van der Waals surface area contributed by atoms with Crippen LogP contribution in [0, 0.1) is 27.7 Å². The van der Waals surface area contributed by atoms with Gasteiger partial charge in [-0.2, -0.15) is 0 Å². The second kappa shape index (κ2) is 11.4. The number of nitrogens with one attached hydrogen (secondary N) is 2. The van der Waals surface area contributed by atoms with Gasteiger partial charge < -0.3 is 20.3 Å². The van der Waals surface area contributed by atoms with Crippen molar-refractivity contribution in [1.82, 2.24) is 10.2 Å². The average molecular weight is 482 g/mol. The zero-order valence-corrected chi connectivity index (χ0v) is 22.4. The third-order valence-electron chi connectivity index (χ3n) is 5.73. The van der Waals surface area contributed by atoms with Crippen molar-refractivity contribution < 1.29 is 19.1 Å². The van der Waals surface area contributed by atoms with Gasteiger partial charge in [0.15, 0.2) is 0 Å². The van der Waals surface area contributed by atoms with Crippen molar-refractivity contribution in [1.29, 1.82) is 0 Å². The second-order valence-electron chi connectivity index (χ2n) is 10.3. The summed E-state index contributed by atoms with van der Waals surface area (Å²) >= 11 is 0. The van der Waals surface area contributed by atoms with Gasteiger partial charge in [0.1, 0.15) is 18.2 Å². The molecule has 0 bridgehead atoms. The summed E-state index contributed by atoms with van der Waals surface area (Å²) in [5.41, 5.74) is 4.74. The quantitative estimate of drug-likeness (QED) is 0.557. The summed E-state index contributed by atoms with van der Waals surface area (Å²) in [5.74, 6) is -0.698. The fourth-order valence-corrected chi connectivity index (χ4v) is 3.86. The largest absolute Gasteiger partial charge is 0.444 e. The molecule has 1 atom stereocenters. The number of ether oxygens (including phenoxy) is 1. The zero-order chi connectivity index (χ0) is 26.5. The number of benzene rings is 2. The Hall–Kier alpha value is -3.35. The number of rotatable bonds is 7. The van der Waals surface area contributed by atoms with Crippen molar-refractivity contribution in [2.75, 3.05) is 11.9 Å². The van der Waals surface area contributed by atoms with Crippen LogP contribution in [0.15, 0.2) is 36.4 Å². The van der Waals surface area contributed by atoms with E-state index in [9.17, 15) is 14.4 Å². The summed E-state index contributed by atoms with van der Waals surface area (Å²) in [6, 6.07) is 10.4. The van der Waals surface area contributed by atoms with Crippen LogP contribution in [-0.4, -0.2) is 41.0 Å². The first kappa shape index (κ1) is 27.9. The van der Waals surface area contributed by atoms with E-state index >= 15 is 0 Å². The zero-order valence-electron chi connectivity index (χ0n) is 22.4. The molecule has 0 saturated heterocycles. The molecular weight excluding hydrogens is 442 g/mol. The Balaban J connectivity index is 2.43. The van der Waals surface area contributed by atoms with Crippen LogP contribution >= 0.6 is 0 Å². The van der Waals surface area contributed by atoms with E-state index in [0.717, 1.165) is 27.9 Å². The molecule has 2 aromatic rings. The summed E-state index contributed by atoms with van der Waals surface area (Å²) in [4.78, 5) is 40.8. The number of carbonyl (C=O) groups is 3. The van der Waals surface area contributed by atoms with E-state index < -0.39 is 17.7 Å². The molecule has 7 nitrogen and oxygen atoms in total. The molecular formula is C28H39N3O4. The SMILES string of the molecule is Cc1ccc(C(C(=O)Nc2c(C)cccc2C)N(C(=O)CNC(=O)OC(C)(C)C)C(C)C)cc1C.